The Kier molecular flexibility index (Phi) is 5.77. The van der Waals surface area contributed by atoms with E-state index in [0.29, 0.717) is 17.6 Å². The first kappa shape index (κ1) is 19.6. The number of alkyl halides is 3. The SMILES string of the molecule is CC(C)Cc1cccc(Nc2ncc(Nc3ccnc(C(F)(F)F)c3)cn2)c1. The van der Waals surface area contributed by atoms with Gasteiger partial charge in [-0.15, -0.1) is 0 Å². The van der Waals surface area contributed by atoms with Crippen LogP contribution in [-0.4, -0.2) is 15.0 Å². The van der Waals surface area contributed by atoms with Crippen LogP contribution in [0.5, 0.6) is 0 Å². The zero-order valence-electron chi connectivity index (χ0n) is 15.5. The Morgan fingerprint density at radius 3 is 2.29 bits per heavy atom. The van der Waals surface area contributed by atoms with Gasteiger partial charge in [-0.25, -0.2) is 9.97 Å². The summed E-state index contributed by atoms with van der Waals surface area (Å²) in [5.41, 5.74) is 1.86. The van der Waals surface area contributed by atoms with Crippen molar-refractivity contribution in [3.05, 3.63) is 66.2 Å². The van der Waals surface area contributed by atoms with Gasteiger partial charge in [0.2, 0.25) is 5.95 Å². The molecule has 3 rings (SSSR count). The van der Waals surface area contributed by atoms with E-state index in [1.807, 2.05) is 18.2 Å². The zero-order chi connectivity index (χ0) is 20.1. The van der Waals surface area contributed by atoms with E-state index in [1.54, 1.807) is 0 Å². The van der Waals surface area contributed by atoms with Gasteiger partial charge in [0.05, 0.1) is 18.1 Å². The van der Waals surface area contributed by atoms with Crippen LogP contribution in [0, 0.1) is 5.92 Å². The molecule has 0 aliphatic heterocycles. The molecule has 8 heteroatoms. The summed E-state index contributed by atoms with van der Waals surface area (Å²) in [5.74, 6) is 0.959. The van der Waals surface area contributed by atoms with E-state index in [2.05, 4.69) is 45.5 Å². The highest BCUT2D eigenvalue weighted by Crippen LogP contribution is 2.29. The number of pyridine rings is 1. The Labute approximate surface area is 161 Å². The molecule has 146 valence electrons. The summed E-state index contributed by atoms with van der Waals surface area (Å²) in [7, 11) is 0. The van der Waals surface area contributed by atoms with Crippen LogP contribution in [0.15, 0.2) is 55.0 Å². The highest BCUT2D eigenvalue weighted by Gasteiger charge is 2.32. The maximum Gasteiger partial charge on any atom is 0.433 e. The molecule has 3 aromatic rings. The lowest BCUT2D eigenvalue weighted by Crippen LogP contribution is -2.08. The van der Waals surface area contributed by atoms with Crippen molar-refractivity contribution < 1.29 is 13.2 Å². The molecular formula is C20H20F3N5. The quantitative estimate of drug-likeness (QED) is 0.578. The Morgan fingerprint density at radius 1 is 0.893 bits per heavy atom. The van der Waals surface area contributed by atoms with Crippen LogP contribution in [0.2, 0.25) is 0 Å². The average Bonchev–Trinajstić information content (AvgIpc) is 2.63. The number of benzene rings is 1. The third-order valence-corrected chi connectivity index (χ3v) is 3.82. The highest BCUT2D eigenvalue weighted by molar-refractivity contribution is 5.60. The number of anilines is 4. The molecule has 0 atom stereocenters. The first-order valence-electron chi connectivity index (χ1n) is 8.78. The number of hydrogen-bond acceptors (Lipinski definition) is 5. The maximum absolute atomic E-state index is 12.7. The minimum absolute atomic E-state index is 0.257. The summed E-state index contributed by atoms with van der Waals surface area (Å²) in [6.45, 7) is 4.32. The van der Waals surface area contributed by atoms with Crippen molar-refractivity contribution in [2.75, 3.05) is 10.6 Å². The summed E-state index contributed by atoms with van der Waals surface area (Å²) in [6, 6.07) is 10.4. The molecule has 2 N–H and O–H groups in total. The Bertz CT molecular complexity index is 924. The number of nitrogens with zero attached hydrogens (tertiary/aromatic N) is 3. The zero-order valence-corrected chi connectivity index (χ0v) is 15.5. The fourth-order valence-electron chi connectivity index (χ4n) is 2.66. The lowest BCUT2D eigenvalue weighted by Gasteiger charge is -2.11. The van der Waals surface area contributed by atoms with Crippen LogP contribution in [0.1, 0.15) is 25.1 Å². The molecule has 0 unspecified atom stereocenters. The summed E-state index contributed by atoms with van der Waals surface area (Å²) >= 11 is 0. The molecule has 0 amide bonds. The van der Waals surface area contributed by atoms with Gasteiger partial charge >= 0.3 is 6.18 Å². The maximum atomic E-state index is 12.7. The number of aromatic nitrogens is 3. The predicted octanol–water partition coefficient (Wildman–Crippen LogP) is 5.58. The third-order valence-electron chi connectivity index (χ3n) is 3.82. The van der Waals surface area contributed by atoms with Crippen molar-refractivity contribution >= 4 is 23.0 Å². The Morgan fingerprint density at radius 2 is 1.61 bits per heavy atom. The van der Waals surface area contributed by atoms with Crippen LogP contribution < -0.4 is 10.6 Å². The standard InChI is InChI=1S/C20H20F3N5/c1-13(2)8-14-4-3-5-15(9-14)28-19-25-11-17(12-26-19)27-16-6-7-24-18(10-16)20(21,22)23/h3-7,9-13H,8H2,1-2H3,(H,24,27)(H,25,26,28). The van der Waals surface area contributed by atoms with Gasteiger partial charge in [-0.05, 0) is 42.2 Å². The molecule has 0 fully saturated rings. The van der Waals surface area contributed by atoms with Crippen LogP contribution in [0.4, 0.5) is 36.2 Å². The normalized spacial score (nSPS) is 11.5. The van der Waals surface area contributed by atoms with Crippen molar-refractivity contribution in [1.29, 1.82) is 0 Å². The van der Waals surface area contributed by atoms with Gasteiger partial charge in [0.1, 0.15) is 5.69 Å². The molecule has 0 saturated carbocycles. The number of hydrogen-bond donors (Lipinski definition) is 2. The first-order chi connectivity index (χ1) is 13.3. The van der Waals surface area contributed by atoms with Gasteiger partial charge in [0.25, 0.3) is 0 Å². The number of nitrogens with one attached hydrogen (secondary N) is 2. The van der Waals surface area contributed by atoms with Crippen LogP contribution in [-0.2, 0) is 12.6 Å². The molecule has 2 heterocycles. The lowest BCUT2D eigenvalue weighted by atomic mass is 10.0. The average molecular weight is 387 g/mol. The molecule has 28 heavy (non-hydrogen) atoms. The van der Waals surface area contributed by atoms with Crippen LogP contribution >= 0.6 is 0 Å². The lowest BCUT2D eigenvalue weighted by molar-refractivity contribution is -0.141. The van der Waals surface area contributed by atoms with Crippen LogP contribution in [0.25, 0.3) is 0 Å². The largest absolute Gasteiger partial charge is 0.433 e. The summed E-state index contributed by atoms with van der Waals surface area (Å²) in [4.78, 5) is 11.8. The van der Waals surface area contributed by atoms with E-state index in [4.69, 9.17) is 0 Å². The molecule has 2 aromatic heterocycles. The molecule has 1 aromatic carbocycles. The first-order valence-corrected chi connectivity index (χ1v) is 8.78. The second-order valence-corrected chi connectivity index (χ2v) is 6.77. The van der Waals surface area contributed by atoms with E-state index in [0.717, 1.165) is 24.4 Å². The number of halogens is 3. The fraction of sp³-hybridized carbons (Fsp3) is 0.250. The summed E-state index contributed by atoms with van der Waals surface area (Å²) in [5, 5.41) is 5.97. The smallest absolute Gasteiger partial charge is 0.353 e. The van der Waals surface area contributed by atoms with Gasteiger partial charge in [-0.2, -0.15) is 13.2 Å². The molecule has 0 bridgehead atoms. The molecule has 5 nitrogen and oxygen atoms in total. The van der Waals surface area contributed by atoms with Crippen molar-refractivity contribution in [3.8, 4) is 0 Å². The van der Waals surface area contributed by atoms with Crippen molar-refractivity contribution in [3.63, 3.8) is 0 Å². The fourth-order valence-corrected chi connectivity index (χ4v) is 2.66. The Hall–Kier alpha value is -3.16. The highest BCUT2D eigenvalue weighted by atomic mass is 19.4. The van der Waals surface area contributed by atoms with Crippen molar-refractivity contribution in [2.24, 2.45) is 5.92 Å². The summed E-state index contributed by atoms with van der Waals surface area (Å²) in [6.07, 6.45) is 0.589. The van der Waals surface area contributed by atoms with Gasteiger partial charge in [0.15, 0.2) is 0 Å². The molecular weight excluding hydrogens is 367 g/mol. The van der Waals surface area contributed by atoms with E-state index in [-0.39, 0.29) is 5.69 Å². The molecule has 0 saturated heterocycles. The second kappa shape index (κ2) is 8.24. The molecule has 0 radical (unpaired) electrons. The Balaban J connectivity index is 1.67. The monoisotopic (exact) mass is 387 g/mol. The van der Waals surface area contributed by atoms with Gasteiger partial charge < -0.3 is 10.6 Å². The summed E-state index contributed by atoms with van der Waals surface area (Å²) < 4.78 is 38.2. The predicted molar refractivity (Wildman–Crippen MR) is 103 cm³/mol. The second-order valence-electron chi connectivity index (χ2n) is 6.77. The van der Waals surface area contributed by atoms with Gasteiger partial charge in [-0.1, -0.05) is 26.0 Å². The topological polar surface area (TPSA) is 62.7 Å². The molecule has 0 aliphatic rings. The molecule has 0 aliphatic carbocycles. The number of rotatable bonds is 6. The van der Waals surface area contributed by atoms with E-state index in [9.17, 15) is 13.2 Å². The van der Waals surface area contributed by atoms with E-state index < -0.39 is 11.9 Å². The van der Waals surface area contributed by atoms with Crippen LogP contribution in [0.3, 0.4) is 0 Å². The van der Waals surface area contributed by atoms with E-state index in [1.165, 1.54) is 24.0 Å². The van der Waals surface area contributed by atoms with Crippen molar-refractivity contribution in [2.45, 2.75) is 26.4 Å². The van der Waals surface area contributed by atoms with Gasteiger partial charge in [-0.3, -0.25) is 4.98 Å². The van der Waals surface area contributed by atoms with Crippen molar-refractivity contribution in [1.82, 2.24) is 15.0 Å². The minimum Gasteiger partial charge on any atom is -0.353 e. The molecule has 0 spiro atoms. The van der Waals surface area contributed by atoms with Gasteiger partial charge in [0, 0.05) is 17.6 Å². The minimum atomic E-state index is -4.49. The third kappa shape index (κ3) is 5.42. The van der Waals surface area contributed by atoms with E-state index >= 15 is 0 Å².